The van der Waals surface area contributed by atoms with Gasteiger partial charge in [0.15, 0.2) is 0 Å². The predicted octanol–water partition coefficient (Wildman–Crippen LogP) is 2.83. The van der Waals surface area contributed by atoms with Crippen LogP contribution in [0, 0.1) is 18.3 Å². The molecule has 1 aromatic heterocycles. The number of anilines is 1. The number of rotatable bonds is 3. The van der Waals surface area contributed by atoms with Crippen molar-refractivity contribution in [2.75, 3.05) is 5.32 Å². The third-order valence-electron chi connectivity index (χ3n) is 3.05. The van der Waals surface area contributed by atoms with Crippen molar-refractivity contribution in [1.82, 2.24) is 15.0 Å². The minimum Gasteiger partial charge on any atom is -0.379 e. The van der Waals surface area contributed by atoms with Crippen LogP contribution in [0.25, 0.3) is 0 Å². The van der Waals surface area contributed by atoms with Crippen molar-refractivity contribution in [2.45, 2.75) is 39.8 Å². The average Bonchev–Trinajstić information content (AvgIpc) is 2.86. The van der Waals surface area contributed by atoms with Gasteiger partial charge in [-0.05, 0) is 45.4 Å². The fourth-order valence-electron chi connectivity index (χ4n) is 1.78. The molecule has 0 atom stereocenters. The molecule has 0 aliphatic carbocycles. The van der Waals surface area contributed by atoms with Gasteiger partial charge in [0.25, 0.3) is 0 Å². The first-order valence-corrected chi connectivity index (χ1v) is 6.56. The first kappa shape index (κ1) is 14.1. The highest BCUT2D eigenvalue weighted by molar-refractivity contribution is 5.55. The molecule has 1 heterocycles. The normalized spacial score (nSPS) is 11.2. The Morgan fingerprint density at radius 3 is 2.70 bits per heavy atom. The number of nitriles is 1. The van der Waals surface area contributed by atoms with Crippen molar-refractivity contribution in [3.63, 3.8) is 0 Å². The van der Waals surface area contributed by atoms with E-state index in [0.29, 0.717) is 12.1 Å². The molecule has 0 bridgehead atoms. The van der Waals surface area contributed by atoms with Crippen LogP contribution < -0.4 is 5.32 Å². The lowest BCUT2D eigenvalue weighted by molar-refractivity contribution is 0.347. The number of hydrogen-bond acceptors (Lipinski definition) is 4. The Balaban J connectivity index is 2.09. The molecule has 2 aromatic rings. The lowest BCUT2D eigenvalue weighted by Gasteiger charge is -2.17. The summed E-state index contributed by atoms with van der Waals surface area (Å²) in [6.07, 6.45) is 1.94. The van der Waals surface area contributed by atoms with E-state index in [9.17, 15) is 0 Å². The SMILES string of the molecule is Cc1ccc(C#N)cc1NCc1cn(C(C)(C)C)nn1. The summed E-state index contributed by atoms with van der Waals surface area (Å²) in [5.74, 6) is 0. The molecule has 2 rings (SSSR count). The molecule has 0 unspecified atom stereocenters. The topological polar surface area (TPSA) is 66.5 Å². The van der Waals surface area contributed by atoms with E-state index in [-0.39, 0.29) is 5.54 Å². The molecule has 0 amide bonds. The molecule has 1 N–H and O–H groups in total. The maximum Gasteiger partial charge on any atom is 0.102 e. The Labute approximate surface area is 119 Å². The Morgan fingerprint density at radius 2 is 2.10 bits per heavy atom. The van der Waals surface area contributed by atoms with Crippen LogP contribution in [0.2, 0.25) is 0 Å². The van der Waals surface area contributed by atoms with Gasteiger partial charge >= 0.3 is 0 Å². The summed E-state index contributed by atoms with van der Waals surface area (Å²) in [6.45, 7) is 8.85. The van der Waals surface area contributed by atoms with E-state index in [1.807, 2.05) is 36.0 Å². The average molecular weight is 269 g/mol. The molecule has 1 aromatic carbocycles. The van der Waals surface area contributed by atoms with E-state index in [2.05, 4.69) is 42.5 Å². The Bertz CT molecular complexity index is 643. The van der Waals surface area contributed by atoms with E-state index in [1.54, 1.807) is 0 Å². The standard InChI is InChI=1S/C15H19N5/c1-11-5-6-12(8-16)7-14(11)17-9-13-10-20(19-18-13)15(2,3)4/h5-7,10,17H,9H2,1-4H3. The zero-order valence-electron chi connectivity index (χ0n) is 12.3. The first-order chi connectivity index (χ1) is 9.40. The van der Waals surface area contributed by atoms with Crippen molar-refractivity contribution in [2.24, 2.45) is 0 Å². The van der Waals surface area contributed by atoms with Crippen LogP contribution in [0.1, 0.15) is 37.6 Å². The Morgan fingerprint density at radius 1 is 1.35 bits per heavy atom. The highest BCUT2D eigenvalue weighted by Crippen LogP contribution is 2.17. The van der Waals surface area contributed by atoms with Crippen LogP contribution in [0.15, 0.2) is 24.4 Å². The maximum atomic E-state index is 8.93. The number of aryl methyl sites for hydroxylation is 1. The second-order valence-corrected chi connectivity index (χ2v) is 5.82. The lowest BCUT2D eigenvalue weighted by Crippen LogP contribution is -2.22. The molecule has 0 aliphatic rings. The van der Waals surface area contributed by atoms with Gasteiger partial charge < -0.3 is 5.32 Å². The Kier molecular flexibility index (Phi) is 3.75. The summed E-state index contributed by atoms with van der Waals surface area (Å²) in [6, 6.07) is 7.75. The number of aromatic nitrogens is 3. The minimum atomic E-state index is -0.0676. The molecule has 0 aliphatic heterocycles. The Hall–Kier alpha value is -2.35. The first-order valence-electron chi connectivity index (χ1n) is 6.56. The predicted molar refractivity (Wildman–Crippen MR) is 78.2 cm³/mol. The maximum absolute atomic E-state index is 8.93. The molecule has 104 valence electrons. The van der Waals surface area contributed by atoms with Crippen molar-refractivity contribution in [3.8, 4) is 6.07 Å². The minimum absolute atomic E-state index is 0.0676. The second-order valence-electron chi connectivity index (χ2n) is 5.82. The summed E-state index contributed by atoms with van der Waals surface area (Å²) in [5, 5.41) is 20.5. The zero-order chi connectivity index (χ0) is 14.8. The van der Waals surface area contributed by atoms with Crippen LogP contribution in [0.3, 0.4) is 0 Å². The largest absolute Gasteiger partial charge is 0.379 e. The van der Waals surface area contributed by atoms with Gasteiger partial charge in [0.2, 0.25) is 0 Å². The summed E-state index contributed by atoms with van der Waals surface area (Å²) in [5.41, 5.74) is 3.52. The molecule has 20 heavy (non-hydrogen) atoms. The van der Waals surface area contributed by atoms with Gasteiger partial charge in [0.1, 0.15) is 5.69 Å². The number of benzene rings is 1. The van der Waals surface area contributed by atoms with Crippen molar-refractivity contribution >= 4 is 5.69 Å². The lowest BCUT2D eigenvalue weighted by atomic mass is 10.1. The fraction of sp³-hybridized carbons (Fsp3) is 0.400. The summed E-state index contributed by atoms with van der Waals surface area (Å²) in [4.78, 5) is 0. The molecule has 0 radical (unpaired) electrons. The summed E-state index contributed by atoms with van der Waals surface area (Å²) in [7, 11) is 0. The van der Waals surface area contributed by atoms with Crippen LogP contribution in [-0.2, 0) is 12.1 Å². The van der Waals surface area contributed by atoms with Crippen LogP contribution >= 0.6 is 0 Å². The van der Waals surface area contributed by atoms with Crippen molar-refractivity contribution in [1.29, 1.82) is 5.26 Å². The highest BCUT2D eigenvalue weighted by atomic mass is 15.4. The zero-order valence-corrected chi connectivity index (χ0v) is 12.3. The van der Waals surface area contributed by atoms with Gasteiger partial charge in [-0.25, -0.2) is 4.68 Å². The van der Waals surface area contributed by atoms with Gasteiger partial charge in [-0.3, -0.25) is 0 Å². The third kappa shape index (κ3) is 3.15. The molecular weight excluding hydrogens is 250 g/mol. The number of nitrogens with one attached hydrogen (secondary N) is 1. The molecule has 5 nitrogen and oxygen atoms in total. The molecular formula is C15H19N5. The van der Waals surface area contributed by atoms with Gasteiger partial charge in [0.05, 0.1) is 29.9 Å². The molecule has 5 heteroatoms. The van der Waals surface area contributed by atoms with Gasteiger partial charge in [-0.15, -0.1) is 5.10 Å². The van der Waals surface area contributed by atoms with Gasteiger partial charge in [-0.2, -0.15) is 5.26 Å². The fourth-order valence-corrected chi connectivity index (χ4v) is 1.78. The van der Waals surface area contributed by atoms with Crippen molar-refractivity contribution in [3.05, 3.63) is 41.2 Å². The third-order valence-corrected chi connectivity index (χ3v) is 3.05. The van der Waals surface area contributed by atoms with E-state index in [0.717, 1.165) is 16.9 Å². The van der Waals surface area contributed by atoms with Crippen LogP contribution in [-0.4, -0.2) is 15.0 Å². The van der Waals surface area contributed by atoms with E-state index >= 15 is 0 Å². The molecule has 0 saturated heterocycles. The highest BCUT2D eigenvalue weighted by Gasteiger charge is 2.14. The van der Waals surface area contributed by atoms with E-state index in [4.69, 9.17) is 5.26 Å². The van der Waals surface area contributed by atoms with E-state index < -0.39 is 0 Å². The van der Waals surface area contributed by atoms with Gasteiger partial charge in [-0.1, -0.05) is 11.3 Å². The monoisotopic (exact) mass is 269 g/mol. The van der Waals surface area contributed by atoms with E-state index in [1.165, 1.54) is 0 Å². The molecule has 0 saturated carbocycles. The van der Waals surface area contributed by atoms with Crippen LogP contribution in [0.5, 0.6) is 0 Å². The number of nitrogens with zero attached hydrogens (tertiary/aromatic N) is 4. The smallest absolute Gasteiger partial charge is 0.102 e. The summed E-state index contributed by atoms with van der Waals surface area (Å²) < 4.78 is 1.85. The quantitative estimate of drug-likeness (QED) is 0.930. The number of hydrogen-bond donors (Lipinski definition) is 1. The van der Waals surface area contributed by atoms with Crippen molar-refractivity contribution < 1.29 is 0 Å². The molecule has 0 spiro atoms. The second kappa shape index (κ2) is 5.33. The molecule has 0 fully saturated rings. The summed E-state index contributed by atoms with van der Waals surface area (Å²) >= 11 is 0. The van der Waals surface area contributed by atoms with Gasteiger partial charge in [0, 0.05) is 5.69 Å². The van der Waals surface area contributed by atoms with Crippen LogP contribution in [0.4, 0.5) is 5.69 Å².